The average Bonchev–Trinajstić information content (AvgIpc) is 1.71. The molecule has 2 heteroatoms. The van der Waals surface area contributed by atoms with Crippen LogP contribution in [0, 0.1) is 0 Å². The van der Waals surface area contributed by atoms with Crippen LogP contribution in [0.4, 0.5) is 0 Å². The van der Waals surface area contributed by atoms with Gasteiger partial charge in [-0.15, -0.1) is 0 Å². The topological polar surface area (TPSA) is 0 Å². The summed E-state index contributed by atoms with van der Waals surface area (Å²) in [5, 5.41) is 0. The molecule has 0 saturated heterocycles. The largest absolute Gasteiger partial charge is 1.00 e. The molecule has 0 aromatic carbocycles. The van der Waals surface area contributed by atoms with Crippen molar-refractivity contribution >= 4 is 9.52 Å². The van der Waals surface area contributed by atoms with E-state index in [4.69, 9.17) is 0 Å². The Hall–Kier alpha value is 1.22. The molecule has 0 aliphatic heterocycles. The van der Waals surface area contributed by atoms with Crippen LogP contribution in [0.3, 0.4) is 0 Å². The van der Waals surface area contributed by atoms with Gasteiger partial charge in [-0.25, -0.2) is 0 Å². The Morgan fingerprint density at radius 3 is 1.33 bits per heavy atom. The first-order valence-corrected chi connectivity index (χ1v) is 6.66. The molecule has 0 aliphatic carbocycles. The second-order valence-electron chi connectivity index (χ2n) is 2.06. The summed E-state index contributed by atoms with van der Waals surface area (Å²) in [6.45, 7) is 8.95. The maximum Gasteiger partial charge on any atom is 1.00 e. The molecule has 0 aromatic heterocycles. The van der Waals surface area contributed by atoms with Crippen molar-refractivity contribution < 1.29 is 31.0 Å². The molecular weight excluding hydrogens is 135 g/mol. The van der Waals surface area contributed by atoms with Gasteiger partial charge >= 0.3 is 29.6 Å². The molecule has 0 aromatic rings. The van der Waals surface area contributed by atoms with Gasteiger partial charge in [-0.3, -0.25) is 0 Å². The zero-order chi connectivity index (χ0) is 6.83. The zero-order valence-corrected chi connectivity index (χ0v) is 11.2. The summed E-state index contributed by atoms with van der Waals surface area (Å²) in [5.41, 5.74) is 0. The molecule has 0 rings (SSSR count). The Morgan fingerprint density at radius 2 is 1.33 bits per heavy atom. The summed E-state index contributed by atoms with van der Waals surface area (Å²) >= 11 is 0. The third-order valence-corrected chi connectivity index (χ3v) is 0.707. The van der Waals surface area contributed by atoms with Gasteiger partial charge in [0.1, 0.15) is 0 Å². The summed E-state index contributed by atoms with van der Waals surface area (Å²) in [6, 6.07) is 0. The second kappa shape index (κ2) is 22.9. The van der Waals surface area contributed by atoms with Crippen molar-refractivity contribution in [2.45, 2.75) is 46.2 Å². The number of unbranched alkanes of at least 4 members (excludes halogenated alkanes) is 2. The molecule has 0 unspecified atom stereocenters. The zero-order valence-electron chi connectivity index (χ0n) is 8.83. The van der Waals surface area contributed by atoms with Crippen LogP contribution in [-0.4, -0.2) is 9.52 Å². The van der Waals surface area contributed by atoms with Crippen LogP contribution < -0.4 is 29.6 Å². The molecule has 0 spiro atoms. The molecule has 0 nitrogen and oxygen atoms in total. The Bertz CT molecular complexity index is 27.6. The van der Waals surface area contributed by atoms with E-state index in [0.29, 0.717) is 9.52 Å². The van der Waals surface area contributed by atoms with Crippen molar-refractivity contribution in [3.8, 4) is 0 Å². The van der Waals surface area contributed by atoms with Crippen LogP contribution in [-0.2, 0) is 0 Å². The van der Waals surface area contributed by atoms with E-state index < -0.39 is 0 Å². The SMILES string of the molecule is CCCCC.C[SiH2]C.[H-].[Na+]. The molecule has 0 heterocycles. The summed E-state index contributed by atoms with van der Waals surface area (Å²) in [5.74, 6) is 0. The van der Waals surface area contributed by atoms with Crippen LogP contribution in [0.5, 0.6) is 0 Å². The van der Waals surface area contributed by atoms with Gasteiger partial charge in [0.15, 0.2) is 0 Å². The number of hydrogen-bond acceptors (Lipinski definition) is 0. The van der Waals surface area contributed by atoms with E-state index >= 15 is 0 Å². The smallest absolute Gasteiger partial charge is 1.00 e. The summed E-state index contributed by atoms with van der Waals surface area (Å²) in [6.07, 6.45) is 4.08. The summed E-state index contributed by atoms with van der Waals surface area (Å²) in [4.78, 5) is 0. The standard InChI is InChI=1S/C5H12.C2H8Si.Na.H/c1-3-5-4-2;1-3-2;;/h3-5H2,1-2H3;3H2,1-2H3;;/q;;+1;-1. The summed E-state index contributed by atoms with van der Waals surface area (Å²) in [7, 11) is 0.417. The van der Waals surface area contributed by atoms with Crippen molar-refractivity contribution in [1.29, 1.82) is 0 Å². The second-order valence-corrected chi connectivity index (χ2v) is 3.47. The van der Waals surface area contributed by atoms with Crippen LogP contribution in [0.1, 0.15) is 34.5 Å². The maximum atomic E-state index is 2.26. The first-order valence-electron chi connectivity index (χ1n) is 3.83. The van der Waals surface area contributed by atoms with Gasteiger partial charge in [0.2, 0.25) is 0 Å². The van der Waals surface area contributed by atoms with Gasteiger partial charge in [-0.1, -0.05) is 46.2 Å². The molecule has 54 valence electrons. The first kappa shape index (κ1) is 16.7. The molecule has 9 heavy (non-hydrogen) atoms. The van der Waals surface area contributed by atoms with Gasteiger partial charge in [0.05, 0.1) is 0 Å². The average molecular weight is 156 g/mol. The van der Waals surface area contributed by atoms with E-state index in [2.05, 4.69) is 26.9 Å². The quantitative estimate of drug-likeness (QED) is 0.476. The molecule has 0 atom stereocenters. The van der Waals surface area contributed by atoms with Gasteiger partial charge in [-0.05, 0) is 0 Å². The maximum absolute atomic E-state index is 2.26. The van der Waals surface area contributed by atoms with Crippen LogP contribution in [0.15, 0.2) is 0 Å². The van der Waals surface area contributed by atoms with E-state index in [-0.39, 0.29) is 31.0 Å². The van der Waals surface area contributed by atoms with Gasteiger partial charge < -0.3 is 1.43 Å². The fourth-order valence-corrected chi connectivity index (χ4v) is 0.354. The Morgan fingerprint density at radius 1 is 1.11 bits per heavy atom. The van der Waals surface area contributed by atoms with Gasteiger partial charge in [-0.2, -0.15) is 0 Å². The Kier molecular flexibility index (Phi) is 42.3. The van der Waals surface area contributed by atoms with Crippen molar-refractivity contribution in [2.75, 3.05) is 0 Å². The van der Waals surface area contributed by atoms with Crippen molar-refractivity contribution in [2.24, 2.45) is 0 Å². The number of hydrogen-bond donors (Lipinski definition) is 0. The van der Waals surface area contributed by atoms with Crippen molar-refractivity contribution in [3.63, 3.8) is 0 Å². The van der Waals surface area contributed by atoms with E-state index in [1.54, 1.807) is 0 Å². The molecule has 0 radical (unpaired) electrons. The Balaban J connectivity index is -0.0000000326. The first-order chi connectivity index (χ1) is 3.83. The molecule has 0 fully saturated rings. The van der Waals surface area contributed by atoms with E-state index in [1.807, 2.05) is 0 Å². The van der Waals surface area contributed by atoms with Crippen LogP contribution in [0.2, 0.25) is 13.1 Å². The van der Waals surface area contributed by atoms with E-state index in [0.717, 1.165) is 0 Å². The third kappa shape index (κ3) is 46.4. The molecule has 0 amide bonds. The molecule has 0 bridgehead atoms. The summed E-state index contributed by atoms with van der Waals surface area (Å²) < 4.78 is 0. The van der Waals surface area contributed by atoms with Crippen molar-refractivity contribution in [1.82, 2.24) is 0 Å². The van der Waals surface area contributed by atoms with Crippen molar-refractivity contribution in [3.05, 3.63) is 0 Å². The normalized spacial score (nSPS) is 6.67. The monoisotopic (exact) mass is 156 g/mol. The van der Waals surface area contributed by atoms with E-state index in [9.17, 15) is 0 Å². The van der Waals surface area contributed by atoms with Crippen LogP contribution in [0.25, 0.3) is 0 Å². The molecule has 0 aliphatic rings. The minimum absolute atomic E-state index is 0. The van der Waals surface area contributed by atoms with Gasteiger partial charge in [0.25, 0.3) is 0 Å². The van der Waals surface area contributed by atoms with E-state index in [1.165, 1.54) is 19.3 Å². The predicted molar refractivity (Wildman–Crippen MR) is 46.6 cm³/mol. The minimum atomic E-state index is 0. The molecular formula is C7H21NaSi. The number of rotatable bonds is 2. The van der Waals surface area contributed by atoms with Crippen LogP contribution >= 0.6 is 0 Å². The third-order valence-electron chi connectivity index (χ3n) is 0.707. The molecule has 0 saturated carbocycles. The minimum Gasteiger partial charge on any atom is -1.00 e. The van der Waals surface area contributed by atoms with Gasteiger partial charge in [0, 0.05) is 9.52 Å². The molecule has 0 N–H and O–H groups in total. The fourth-order valence-electron chi connectivity index (χ4n) is 0.354. The predicted octanol–water partition coefficient (Wildman–Crippen LogP) is -0.436. The fraction of sp³-hybridized carbons (Fsp3) is 1.00. The Labute approximate surface area is 86.4 Å².